The predicted octanol–water partition coefficient (Wildman–Crippen LogP) is 9.23. The molecule has 5 nitrogen and oxygen atoms in total. The molecule has 0 fully saturated rings. The van der Waals surface area contributed by atoms with Gasteiger partial charge < -0.3 is 4.42 Å². The molecule has 202 valence electrons. The van der Waals surface area contributed by atoms with Gasteiger partial charge in [0.25, 0.3) is 5.91 Å². The molecule has 0 atom stereocenters. The van der Waals surface area contributed by atoms with Crippen LogP contribution >= 0.6 is 22.9 Å². The Balaban J connectivity index is 1.35. The second-order valence-corrected chi connectivity index (χ2v) is 11.2. The number of nitrogens with one attached hydrogen (secondary N) is 1. The number of aromatic nitrogens is 1. The molecule has 41 heavy (non-hydrogen) atoms. The zero-order valence-electron chi connectivity index (χ0n) is 22.5. The summed E-state index contributed by atoms with van der Waals surface area (Å²) in [5.74, 6) is -0.358. The largest absolute Gasteiger partial charge is 0.438 e. The van der Waals surface area contributed by atoms with Crippen LogP contribution in [0.15, 0.2) is 113 Å². The van der Waals surface area contributed by atoms with Crippen LogP contribution in [0.1, 0.15) is 27.7 Å². The molecule has 0 saturated carbocycles. The number of aryl methyl sites for hydroxylation is 2. The molecule has 2 aromatic heterocycles. The van der Waals surface area contributed by atoms with Gasteiger partial charge in [0.15, 0.2) is 5.13 Å². The van der Waals surface area contributed by atoms with E-state index >= 15 is 0 Å². The van der Waals surface area contributed by atoms with E-state index in [-0.39, 0.29) is 11.5 Å². The van der Waals surface area contributed by atoms with E-state index in [4.69, 9.17) is 21.0 Å². The van der Waals surface area contributed by atoms with Gasteiger partial charge in [-0.3, -0.25) is 10.1 Å². The zero-order chi connectivity index (χ0) is 28.3. The second-order valence-electron chi connectivity index (χ2n) is 9.64. The van der Waals surface area contributed by atoms with E-state index in [0.717, 1.165) is 39.2 Å². The minimum Gasteiger partial charge on any atom is -0.438 e. The molecule has 0 aliphatic heterocycles. The highest BCUT2D eigenvalue weighted by Crippen LogP contribution is 2.33. The van der Waals surface area contributed by atoms with Crippen molar-refractivity contribution < 1.29 is 9.21 Å². The molecule has 0 aliphatic carbocycles. The van der Waals surface area contributed by atoms with Crippen molar-refractivity contribution in [1.82, 2.24) is 4.98 Å². The van der Waals surface area contributed by atoms with E-state index in [1.165, 1.54) is 11.3 Å². The molecular formula is C34H26ClN3O2S. The van der Waals surface area contributed by atoms with Crippen molar-refractivity contribution in [2.75, 3.05) is 5.32 Å². The quantitative estimate of drug-likeness (QED) is 0.215. The lowest BCUT2D eigenvalue weighted by Gasteiger charge is -2.06. The third kappa shape index (κ3) is 5.85. The van der Waals surface area contributed by atoms with Gasteiger partial charge in [-0.25, -0.2) is 9.98 Å². The van der Waals surface area contributed by atoms with E-state index in [1.807, 2.05) is 49.4 Å². The van der Waals surface area contributed by atoms with Gasteiger partial charge in [0.2, 0.25) is 5.55 Å². The first-order valence-corrected chi connectivity index (χ1v) is 14.5. The number of halogens is 1. The van der Waals surface area contributed by atoms with Crippen LogP contribution in [-0.2, 0) is 6.42 Å². The molecule has 7 heteroatoms. The summed E-state index contributed by atoms with van der Waals surface area (Å²) in [6.45, 7) is 4.10. The second kappa shape index (κ2) is 11.5. The number of anilines is 1. The number of hydrogen-bond donors (Lipinski definition) is 1. The summed E-state index contributed by atoms with van der Waals surface area (Å²) in [5.41, 5.74) is 7.07. The van der Waals surface area contributed by atoms with Crippen molar-refractivity contribution in [3.63, 3.8) is 0 Å². The van der Waals surface area contributed by atoms with Crippen LogP contribution in [0.5, 0.6) is 0 Å². The number of carbonyl (C=O) groups excluding carboxylic acids is 1. The minimum absolute atomic E-state index is 0.213. The number of nitrogens with zero attached hydrogens (tertiary/aromatic N) is 2. The van der Waals surface area contributed by atoms with Crippen LogP contribution < -0.4 is 10.9 Å². The molecule has 0 radical (unpaired) electrons. The molecule has 0 unspecified atom stereocenters. The molecule has 6 rings (SSSR count). The van der Waals surface area contributed by atoms with Gasteiger partial charge in [0, 0.05) is 20.8 Å². The lowest BCUT2D eigenvalue weighted by atomic mass is 10.0. The Bertz CT molecular complexity index is 1930. The van der Waals surface area contributed by atoms with Crippen LogP contribution in [0.2, 0.25) is 5.02 Å². The summed E-state index contributed by atoms with van der Waals surface area (Å²) in [6, 6.07) is 33.4. The monoisotopic (exact) mass is 575 g/mol. The molecule has 1 amide bonds. The van der Waals surface area contributed by atoms with Crippen molar-refractivity contribution in [3.05, 3.63) is 130 Å². The van der Waals surface area contributed by atoms with E-state index in [0.29, 0.717) is 32.4 Å². The average Bonchev–Trinajstić information content (AvgIpc) is 3.41. The standard InChI is InChI=1S/C34H26ClN3O2S/c1-3-30-31(24-13-11-23(12-14-24)22-7-5-4-6-8-22)37-34(41-30)38-32(39)28-20-25-19-26(35)15-18-29(25)40-33(28)36-27-16-9-21(2)10-17-27/h4-20H,3H2,1-2H3,(H,37,38,39). The number of hydrogen-bond acceptors (Lipinski definition) is 5. The Kier molecular flexibility index (Phi) is 7.51. The summed E-state index contributed by atoms with van der Waals surface area (Å²) in [6.07, 6.45) is 0.793. The highest BCUT2D eigenvalue weighted by Gasteiger charge is 2.18. The summed E-state index contributed by atoms with van der Waals surface area (Å²) >= 11 is 7.70. The van der Waals surface area contributed by atoms with Gasteiger partial charge >= 0.3 is 0 Å². The Morgan fingerprint density at radius 1 is 0.902 bits per heavy atom. The number of rotatable bonds is 6. The number of fused-ring (bicyclic) bond motifs is 1. The molecule has 0 bridgehead atoms. The van der Waals surface area contributed by atoms with Gasteiger partial charge in [-0.2, -0.15) is 0 Å². The Hall–Kier alpha value is -4.52. The fraction of sp³-hybridized carbons (Fsp3) is 0.0882. The molecule has 0 aliphatic rings. The predicted molar refractivity (Wildman–Crippen MR) is 168 cm³/mol. The highest BCUT2D eigenvalue weighted by atomic mass is 35.5. The van der Waals surface area contributed by atoms with Crippen LogP contribution in [0.4, 0.5) is 10.8 Å². The average molecular weight is 576 g/mol. The third-order valence-electron chi connectivity index (χ3n) is 6.72. The zero-order valence-corrected chi connectivity index (χ0v) is 24.1. The smallest absolute Gasteiger partial charge is 0.262 e. The summed E-state index contributed by atoms with van der Waals surface area (Å²) < 4.78 is 6.10. The van der Waals surface area contributed by atoms with Gasteiger partial charge in [0.1, 0.15) is 11.1 Å². The van der Waals surface area contributed by atoms with E-state index < -0.39 is 0 Å². The van der Waals surface area contributed by atoms with Gasteiger partial charge in [-0.1, -0.05) is 90.8 Å². The molecule has 0 saturated heterocycles. The van der Waals surface area contributed by atoms with E-state index in [2.05, 4.69) is 53.6 Å². The maximum atomic E-state index is 13.7. The SMILES string of the molecule is CCc1sc(NC(=O)c2cc3cc(Cl)ccc3oc2=Nc2ccc(C)cc2)nc1-c1ccc(-c2ccccc2)cc1. The maximum absolute atomic E-state index is 13.7. The highest BCUT2D eigenvalue weighted by molar-refractivity contribution is 7.16. The van der Waals surface area contributed by atoms with E-state index in [9.17, 15) is 4.79 Å². The van der Waals surface area contributed by atoms with Gasteiger partial charge in [-0.15, -0.1) is 11.3 Å². The minimum atomic E-state index is -0.358. The van der Waals surface area contributed by atoms with E-state index in [1.54, 1.807) is 24.3 Å². The van der Waals surface area contributed by atoms with Crippen molar-refractivity contribution in [2.45, 2.75) is 20.3 Å². The first-order valence-electron chi connectivity index (χ1n) is 13.3. The number of benzene rings is 4. The molecule has 4 aromatic carbocycles. The summed E-state index contributed by atoms with van der Waals surface area (Å²) in [4.78, 5) is 24.2. The molecule has 1 N–H and O–H groups in total. The van der Waals surface area contributed by atoms with Crippen molar-refractivity contribution in [2.24, 2.45) is 4.99 Å². The third-order valence-corrected chi connectivity index (χ3v) is 8.07. The lowest BCUT2D eigenvalue weighted by Crippen LogP contribution is -2.21. The number of thiazole rings is 1. The maximum Gasteiger partial charge on any atom is 0.262 e. The van der Waals surface area contributed by atoms with Crippen LogP contribution in [-0.4, -0.2) is 10.9 Å². The Labute approximate surface area is 246 Å². The fourth-order valence-electron chi connectivity index (χ4n) is 4.57. The fourth-order valence-corrected chi connectivity index (χ4v) is 5.67. The van der Waals surface area contributed by atoms with Gasteiger partial charge in [0.05, 0.1) is 11.4 Å². The lowest BCUT2D eigenvalue weighted by molar-refractivity contribution is 0.102. The van der Waals surface area contributed by atoms with Crippen molar-refractivity contribution in [1.29, 1.82) is 0 Å². The number of carbonyl (C=O) groups is 1. The normalized spacial score (nSPS) is 11.6. The Morgan fingerprint density at radius 2 is 1.61 bits per heavy atom. The Morgan fingerprint density at radius 3 is 2.34 bits per heavy atom. The summed E-state index contributed by atoms with van der Waals surface area (Å²) in [5, 5.41) is 4.77. The molecule has 6 aromatic rings. The van der Waals surface area contributed by atoms with Crippen LogP contribution in [0.3, 0.4) is 0 Å². The van der Waals surface area contributed by atoms with Gasteiger partial charge in [-0.05, 0) is 60.9 Å². The molecule has 2 heterocycles. The first kappa shape index (κ1) is 26.7. The van der Waals surface area contributed by atoms with Crippen molar-refractivity contribution in [3.8, 4) is 22.4 Å². The first-order chi connectivity index (χ1) is 20.0. The summed E-state index contributed by atoms with van der Waals surface area (Å²) in [7, 11) is 0. The van der Waals surface area contributed by atoms with Crippen LogP contribution in [0.25, 0.3) is 33.4 Å². The van der Waals surface area contributed by atoms with Crippen LogP contribution in [0, 0.1) is 6.92 Å². The molecule has 0 spiro atoms. The van der Waals surface area contributed by atoms with Crippen molar-refractivity contribution >= 4 is 50.6 Å². The topological polar surface area (TPSA) is 67.5 Å². The number of amides is 1. The molecular weight excluding hydrogens is 550 g/mol.